The zero-order chi connectivity index (χ0) is 25.1. The highest BCUT2D eigenvalue weighted by molar-refractivity contribution is 6.74. The summed E-state index contributed by atoms with van der Waals surface area (Å²) in [6.45, 7) is 24.9. The lowest BCUT2D eigenvalue weighted by atomic mass is 10.2. The molecule has 5 heteroatoms. The molecule has 0 unspecified atom stereocenters. The van der Waals surface area contributed by atoms with Gasteiger partial charge in [0.25, 0.3) is 0 Å². The maximum absolute atomic E-state index is 9.43. The molecular weight excluding hydrogens is 428 g/mol. The Hall–Kier alpha value is -0.726. The van der Waals surface area contributed by atoms with Gasteiger partial charge in [0.2, 0.25) is 0 Å². The van der Waals surface area contributed by atoms with Crippen LogP contribution in [0.5, 0.6) is 0 Å². The van der Waals surface area contributed by atoms with Crippen molar-refractivity contribution < 1.29 is 14.0 Å². The number of allylic oxidation sites excluding steroid dienone is 5. The molecule has 0 radical (unpaired) electrons. The molecule has 0 aromatic heterocycles. The topological polar surface area (TPSA) is 38.7 Å². The van der Waals surface area contributed by atoms with Gasteiger partial charge in [-0.1, -0.05) is 97.1 Å². The van der Waals surface area contributed by atoms with E-state index >= 15 is 0 Å². The van der Waals surface area contributed by atoms with Gasteiger partial charge in [0.1, 0.15) is 0 Å². The van der Waals surface area contributed by atoms with Crippen LogP contribution >= 0.6 is 0 Å². The molecule has 0 aromatic rings. The van der Waals surface area contributed by atoms with Gasteiger partial charge in [-0.3, -0.25) is 0 Å². The van der Waals surface area contributed by atoms with E-state index in [2.05, 4.69) is 105 Å². The molecule has 0 aliphatic heterocycles. The lowest BCUT2D eigenvalue weighted by Crippen LogP contribution is -2.43. The van der Waals surface area contributed by atoms with Crippen LogP contribution < -0.4 is 0 Å². The second-order valence-corrected chi connectivity index (χ2v) is 21.1. The minimum atomic E-state index is -1.87. The fraction of sp³-hybridized carbons (Fsp3) is 0.704. The number of aliphatic hydroxyl groups is 1. The average Bonchev–Trinajstić information content (AvgIpc) is 2.62. The first-order chi connectivity index (χ1) is 14.6. The van der Waals surface area contributed by atoms with E-state index in [-0.39, 0.29) is 28.9 Å². The van der Waals surface area contributed by atoms with Crippen LogP contribution in [0, 0.1) is 0 Å². The third kappa shape index (κ3) is 11.9. The van der Waals surface area contributed by atoms with E-state index in [1.54, 1.807) is 0 Å². The van der Waals surface area contributed by atoms with E-state index in [0.717, 1.165) is 12.8 Å². The Morgan fingerprint density at radius 3 is 1.56 bits per heavy atom. The largest absolute Gasteiger partial charge is 0.410 e. The van der Waals surface area contributed by atoms with Gasteiger partial charge in [-0.05, 0) is 55.5 Å². The van der Waals surface area contributed by atoms with Gasteiger partial charge in [-0.25, -0.2) is 0 Å². The molecule has 0 rings (SSSR count). The number of rotatable bonds is 13. The SMILES string of the molecule is CC/C=C\C[C@@H](/C=C/C=C/C=C/[C@H](CCO)O[Si](C)(C)C(C)(C)C)O[Si](C)(C)C(C)(C)C. The molecule has 0 aromatic carbocycles. The van der Waals surface area contributed by atoms with Crippen molar-refractivity contribution in [2.45, 2.75) is 116 Å². The minimum absolute atomic E-state index is 0.0524. The highest BCUT2D eigenvalue weighted by Crippen LogP contribution is 2.38. The molecule has 0 bridgehead atoms. The smallest absolute Gasteiger partial charge is 0.192 e. The summed E-state index contributed by atoms with van der Waals surface area (Å²) in [5, 5.41) is 9.78. The third-order valence-electron chi connectivity index (χ3n) is 6.67. The van der Waals surface area contributed by atoms with Gasteiger partial charge in [0, 0.05) is 6.61 Å². The fourth-order valence-corrected chi connectivity index (χ4v) is 5.09. The molecule has 0 aliphatic rings. The molecule has 186 valence electrons. The van der Waals surface area contributed by atoms with Gasteiger partial charge in [-0.15, -0.1) is 0 Å². The predicted molar refractivity (Wildman–Crippen MR) is 147 cm³/mol. The number of hydrogen-bond acceptors (Lipinski definition) is 3. The Labute approximate surface area is 201 Å². The summed E-state index contributed by atoms with van der Waals surface area (Å²) in [5.41, 5.74) is 0. The summed E-state index contributed by atoms with van der Waals surface area (Å²) in [4.78, 5) is 0. The van der Waals surface area contributed by atoms with Crippen LogP contribution in [-0.2, 0) is 8.85 Å². The Balaban J connectivity index is 5.16. The highest BCUT2D eigenvalue weighted by Gasteiger charge is 2.39. The zero-order valence-corrected chi connectivity index (χ0v) is 24.9. The Morgan fingerprint density at radius 1 is 0.719 bits per heavy atom. The molecule has 1 N–H and O–H groups in total. The van der Waals surface area contributed by atoms with Gasteiger partial charge in [0.05, 0.1) is 12.2 Å². The predicted octanol–water partition coefficient (Wildman–Crippen LogP) is 8.17. The second kappa shape index (κ2) is 13.9. The van der Waals surface area contributed by atoms with Crippen LogP contribution in [0.4, 0.5) is 0 Å². The first-order valence-electron chi connectivity index (χ1n) is 12.2. The van der Waals surface area contributed by atoms with Crippen LogP contribution in [0.15, 0.2) is 48.6 Å². The summed E-state index contributed by atoms with van der Waals surface area (Å²) in [7, 11) is -3.70. The molecule has 0 aliphatic carbocycles. The van der Waals surface area contributed by atoms with E-state index in [1.807, 2.05) is 18.2 Å². The average molecular weight is 481 g/mol. The van der Waals surface area contributed by atoms with E-state index in [1.165, 1.54) is 0 Å². The molecule has 0 saturated carbocycles. The maximum Gasteiger partial charge on any atom is 0.192 e. The Morgan fingerprint density at radius 2 is 1.16 bits per heavy atom. The van der Waals surface area contributed by atoms with Crippen LogP contribution in [0.25, 0.3) is 0 Å². The lowest BCUT2D eigenvalue weighted by molar-refractivity contribution is 0.174. The highest BCUT2D eigenvalue weighted by atomic mass is 28.4. The van der Waals surface area contributed by atoms with Crippen LogP contribution in [-0.4, -0.2) is 40.6 Å². The van der Waals surface area contributed by atoms with Gasteiger partial charge >= 0.3 is 0 Å². The monoisotopic (exact) mass is 480 g/mol. The summed E-state index contributed by atoms with van der Waals surface area (Å²) >= 11 is 0. The quantitative estimate of drug-likeness (QED) is 0.164. The zero-order valence-electron chi connectivity index (χ0n) is 22.9. The van der Waals surface area contributed by atoms with E-state index in [4.69, 9.17) is 8.85 Å². The fourth-order valence-electron chi connectivity index (χ4n) is 2.50. The molecule has 32 heavy (non-hydrogen) atoms. The molecule has 0 amide bonds. The number of aliphatic hydroxyl groups excluding tert-OH is 1. The molecule has 0 fully saturated rings. The van der Waals surface area contributed by atoms with E-state index in [0.29, 0.717) is 6.42 Å². The summed E-state index contributed by atoms with van der Waals surface area (Å²) in [6.07, 6.45) is 19.5. The molecule has 3 nitrogen and oxygen atoms in total. The second-order valence-electron chi connectivity index (χ2n) is 11.6. The lowest BCUT2D eigenvalue weighted by Gasteiger charge is -2.38. The van der Waals surface area contributed by atoms with E-state index < -0.39 is 16.6 Å². The summed E-state index contributed by atoms with van der Waals surface area (Å²) < 4.78 is 13.1. The Bertz CT molecular complexity index is 632. The van der Waals surface area contributed by atoms with Gasteiger partial charge in [-0.2, -0.15) is 0 Å². The van der Waals surface area contributed by atoms with Crippen molar-refractivity contribution in [3.8, 4) is 0 Å². The standard InChI is InChI=1S/C27H52O3Si2/c1-12-13-16-19-24(29-31(8,9)26(2,3)4)20-17-14-15-18-21-25(22-23-28)30-32(10,11)27(5,6)7/h13-18,20-21,24-25,28H,12,19,22-23H2,1-11H3/b15-14+,16-13-,20-17+,21-18+/t24-,25+/m0/s1. The number of hydrogen-bond donors (Lipinski definition) is 1. The van der Waals surface area contributed by atoms with Crippen molar-refractivity contribution in [1.29, 1.82) is 0 Å². The van der Waals surface area contributed by atoms with Crippen molar-refractivity contribution in [3.63, 3.8) is 0 Å². The van der Waals surface area contributed by atoms with Crippen LogP contribution in [0.2, 0.25) is 36.3 Å². The van der Waals surface area contributed by atoms with Crippen molar-refractivity contribution in [1.82, 2.24) is 0 Å². The van der Waals surface area contributed by atoms with Crippen molar-refractivity contribution in [2.75, 3.05) is 6.61 Å². The van der Waals surface area contributed by atoms with Crippen LogP contribution in [0.3, 0.4) is 0 Å². The Kier molecular flexibility index (Phi) is 13.5. The first-order valence-corrected chi connectivity index (χ1v) is 18.0. The van der Waals surface area contributed by atoms with E-state index in [9.17, 15) is 5.11 Å². The normalized spacial score (nSPS) is 16.8. The molecule has 0 heterocycles. The molecule has 0 spiro atoms. The molecule has 2 atom stereocenters. The van der Waals surface area contributed by atoms with Gasteiger partial charge in [0.15, 0.2) is 16.6 Å². The van der Waals surface area contributed by atoms with Gasteiger partial charge < -0.3 is 14.0 Å². The summed E-state index contributed by atoms with van der Waals surface area (Å²) in [5.74, 6) is 0. The molecular formula is C27H52O3Si2. The third-order valence-corrected chi connectivity index (χ3v) is 15.7. The van der Waals surface area contributed by atoms with Crippen molar-refractivity contribution in [3.05, 3.63) is 48.6 Å². The molecule has 0 saturated heterocycles. The van der Waals surface area contributed by atoms with Crippen LogP contribution in [0.1, 0.15) is 67.7 Å². The van der Waals surface area contributed by atoms with Crippen molar-refractivity contribution in [2.24, 2.45) is 0 Å². The first kappa shape index (κ1) is 31.3. The summed E-state index contributed by atoms with van der Waals surface area (Å²) in [6, 6.07) is 0. The maximum atomic E-state index is 9.43. The van der Waals surface area contributed by atoms with Crippen molar-refractivity contribution >= 4 is 16.6 Å². The minimum Gasteiger partial charge on any atom is -0.410 e.